The van der Waals surface area contributed by atoms with E-state index in [9.17, 15) is 4.79 Å². The minimum atomic E-state index is -0.254. The van der Waals surface area contributed by atoms with Crippen LogP contribution in [0.4, 0.5) is 5.69 Å². The third-order valence-electron chi connectivity index (χ3n) is 4.03. The van der Waals surface area contributed by atoms with E-state index in [-0.39, 0.29) is 5.91 Å². The lowest BCUT2D eigenvalue weighted by Gasteiger charge is -2.07. The molecule has 2 aromatic carbocycles. The minimum Gasteiger partial charge on any atom is -0.465 e. The van der Waals surface area contributed by atoms with E-state index >= 15 is 0 Å². The van der Waals surface area contributed by atoms with Gasteiger partial charge < -0.3 is 14.2 Å². The number of aromatic nitrogens is 1. The summed E-state index contributed by atoms with van der Waals surface area (Å²) in [5.41, 5.74) is 3.71. The number of rotatable bonds is 4. The molecule has 6 heteroatoms. The van der Waals surface area contributed by atoms with Crippen molar-refractivity contribution in [3.63, 3.8) is 0 Å². The van der Waals surface area contributed by atoms with Crippen molar-refractivity contribution in [3.8, 4) is 11.5 Å². The van der Waals surface area contributed by atoms with Crippen LogP contribution in [0.15, 0.2) is 69.7 Å². The molecule has 0 fully saturated rings. The predicted octanol–water partition coefficient (Wildman–Crippen LogP) is 5.70. The van der Waals surface area contributed by atoms with Crippen molar-refractivity contribution < 1.29 is 13.6 Å². The molecule has 134 valence electrons. The third kappa shape index (κ3) is 3.78. The second-order valence-electron chi connectivity index (χ2n) is 6.00. The highest BCUT2D eigenvalue weighted by Gasteiger charge is 2.11. The SMILES string of the molecule is Cc1ccc(-c2nc3cc(Cl)ccc3o2)cc1NC(=O)/C=C/c1ccco1. The normalized spacial score (nSPS) is 11.3. The molecule has 5 nitrogen and oxygen atoms in total. The van der Waals surface area contributed by atoms with E-state index in [4.69, 9.17) is 20.4 Å². The molecular formula is C21H15ClN2O3. The number of furan rings is 1. The molecule has 2 heterocycles. The molecule has 27 heavy (non-hydrogen) atoms. The van der Waals surface area contributed by atoms with Crippen LogP contribution in [0, 0.1) is 6.92 Å². The standard InChI is InChI=1S/C21H15ClN2O3/c1-13-4-5-14(21-24-18-12-15(22)6-8-19(18)27-21)11-17(13)23-20(25)9-7-16-3-2-10-26-16/h2-12H,1H3,(H,23,25)/b9-7+. The molecule has 0 saturated heterocycles. The van der Waals surface area contributed by atoms with Gasteiger partial charge in [0.05, 0.1) is 6.26 Å². The summed E-state index contributed by atoms with van der Waals surface area (Å²) < 4.78 is 11.0. The van der Waals surface area contributed by atoms with Gasteiger partial charge in [0.1, 0.15) is 11.3 Å². The number of fused-ring (bicyclic) bond motifs is 1. The lowest BCUT2D eigenvalue weighted by Crippen LogP contribution is -2.09. The number of hydrogen-bond donors (Lipinski definition) is 1. The monoisotopic (exact) mass is 378 g/mol. The first-order chi connectivity index (χ1) is 13.1. The van der Waals surface area contributed by atoms with Gasteiger partial charge in [-0.2, -0.15) is 0 Å². The van der Waals surface area contributed by atoms with Crippen molar-refractivity contribution in [2.75, 3.05) is 5.32 Å². The summed E-state index contributed by atoms with van der Waals surface area (Å²) in [4.78, 5) is 16.7. The fraction of sp³-hybridized carbons (Fsp3) is 0.0476. The van der Waals surface area contributed by atoms with Crippen LogP contribution in [-0.2, 0) is 4.79 Å². The predicted molar refractivity (Wildman–Crippen MR) is 106 cm³/mol. The van der Waals surface area contributed by atoms with Crippen molar-refractivity contribution in [2.45, 2.75) is 6.92 Å². The number of oxazole rings is 1. The quantitative estimate of drug-likeness (QED) is 0.462. The zero-order chi connectivity index (χ0) is 18.8. The molecule has 0 bridgehead atoms. The highest BCUT2D eigenvalue weighted by Crippen LogP contribution is 2.29. The Hall–Kier alpha value is -3.31. The maximum atomic E-state index is 12.2. The van der Waals surface area contributed by atoms with Crippen molar-refractivity contribution >= 4 is 40.4 Å². The van der Waals surface area contributed by atoms with E-state index in [1.165, 1.54) is 6.08 Å². The maximum Gasteiger partial charge on any atom is 0.248 e. The minimum absolute atomic E-state index is 0.254. The maximum absolute atomic E-state index is 12.2. The highest BCUT2D eigenvalue weighted by molar-refractivity contribution is 6.31. The Bertz CT molecular complexity index is 1140. The molecule has 0 spiro atoms. The Morgan fingerprint density at radius 2 is 2.07 bits per heavy atom. The molecule has 4 aromatic rings. The Morgan fingerprint density at radius 3 is 2.89 bits per heavy atom. The van der Waals surface area contributed by atoms with Crippen LogP contribution in [0.25, 0.3) is 28.6 Å². The number of benzene rings is 2. The largest absolute Gasteiger partial charge is 0.465 e. The summed E-state index contributed by atoms with van der Waals surface area (Å²) in [6.07, 6.45) is 4.59. The fourth-order valence-electron chi connectivity index (χ4n) is 2.63. The molecule has 1 amide bonds. The second kappa shape index (κ2) is 7.13. The topological polar surface area (TPSA) is 68.3 Å². The van der Waals surface area contributed by atoms with Gasteiger partial charge in [-0.25, -0.2) is 4.98 Å². The summed E-state index contributed by atoms with van der Waals surface area (Å²) in [6.45, 7) is 1.92. The summed E-state index contributed by atoms with van der Waals surface area (Å²) in [5, 5.41) is 3.47. The van der Waals surface area contributed by atoms with Crippen LogP contribution in [-0.4, -0.2) is 10.9 Å². The van der Waals surface area contributed by atoms with E-state index in [0.717, 1.165) is 11.1 Å². The smallest absolute Gasteiger partial charge is 0.248 e. The Balaban J connectivity index is 1.59. The van der Waals surface area contributed by atoms with Gasteiger partial charge in [0.15, 0.2) is 5.58 Å². The van der Waals surface area contributed by atoms with E-state index in [1.54, 1.807) is 42.7 Å². The van der Waals surface area contributed by atoms with Crippen molar-refractivity contribution in [2.24, 2.45) is 0 Å². The van der Waals surface area contributed by atoms with E-state index < -0.39 is 0 Å². The summed E-state index contributed by atoms with van der Waals surface area (Å²) in [5.74, 6) is 0.825. The molecule has 0 unspecified atom stereocenters. The molecule has 0 saturated carbocycles. The molecule has 4 rings (SSSR count). The summed E-state index contributed by atoms with van der Waals surface area (Å²) >= 11 is 6.00. The number of nitrogens with zero attached hydrogens (tertiary/aromatic N) is 1. The molecule has 0 aliphatic heterocycles. The Kier molecular flexibility index (Phi) is 4.52. The molecule has 0 aliphatic carbocycles. The van der Waals surface area contributed by atoms with Crippen LogP contribution in [0.2, 0.25) is 5.02 Å². The number of aryl methyl sites for hydroxylation is 1. The van der Waals surface area contributed by atoms with Crippen molar-refractivity contribution in [3.05, 3.63) is 77.2 Å². The first kappa shape index (κ1) is 17.1. The Labute approximate surface area is 160 Å². The van der Waals surface area contributed by atoms with Gasteiger partial charge in [0, 0.05) is 22.3 Å². The van der Waals surface area contributed by atoms with Crippen molar-refractivity contribution in [1.82, 2.24) is 4.98 Å². The van der Waals surface area contributed by atoms with E-state index in [1.807, 2.05) is 25.1 Å². The van der Waals surface area contributed by atoms with Gasteiger partial charge in [-0.3, -0.25) is 4.79 Å². The zero-order valence-electron chi connectivity index (χ0n) is 14.4. The third-order valence-corrected chi connectivity index (χ3v) is 4.27. The van der Waals surface area contributed by atoms with Crippen LogP contribution in [0.3, 0.4) is 0 Å². The lowest BCUT2D eigenvalue weighted by atomic mass is 10.1. The lowest BCUT2D eigenvalue weighted by molar-refractivity contribution is -0.111. The average Bonchev–Trinajstić information content (AvgIpc) is 3.31. The number of carbonyl (C=O) groups is 1. The van der Waals surface area contributed by atoms with Crippen LogP contribution >= 0.6 is 11.6 Å². The number of carbonyl (C=O) groups excluding carboxylic acids is 1. The molecule has 0 radical (unpaired) electrons. The zero-order valence-corrected chi connectivity index (χ0v) is 15.2. The Morgan fingerprint density at radius 1 is 1.19 bits per heavy atom. The molecule has 0 aliphatic rings. The van der Waals surface area contributed by atoms with Crippen LogP contribution in [0.5, 0.6) is 0 Å². The summed E-state index contributed by atoms with van der Waals surface area (Å²) in [7, 11) is 0. The highest BCUT2D eigenvalue weighted by atomic mass is 35.5. The number of amides is 1. The summed E-state index contributed by atoms with van der Waals surface area (Å²) in [6, 6.07) is 14.5. The fourth-order valence-corrected chi connectivity index (χ4v) is 2.80. The molecule has 2 aromatic heterocycles. The average molecular weight is 379 g/mol. The number of anilines is 1. The second-order valence-corrected chi connectivity index (χ2v) is 6.44. The molecule has 1 N–H and O–H groups in total. The molecular weight excluding hydrogens is 364 g/mol. The van der Waals surface area contributed by atoms with E-state index in [0.29, 0.717) is 33.5 Å². The van der Waals surface area contributed by atoms with E-state index in [2.05, 4.69) is 10.3 Å². The number of hydrogen-bond acceptors (Lipinski definition) is 4. The van der Waals surface area contributed by atoms with Crippen LogP contribution < -0.4 is 5.32 Å². The van der Waals surface area contributed by atoms with Crippen molar-refractivity contribution in [1.29, 1.82) is 0 Å². The van der Waals surface area contributed by atoms with Crippen LogP contribution in [0.1, 0.15) is 11.3 Å². The van der Waals surface area contributed by atoms with Gasteiger partial charge in [-0.05, 0) is 61.0 Å². The first-order valence-electron chi connectivity index (χ1n) is 8.28. The van der Waals surface area contributed by atoms with Gasteiger partial charge in [0.2, 0.25) is 11.8 Å². The number of halogens is 1. The van der Waals surface area contributed by atoms with Gasteiger partial charge in [0.25, 0.3) is 0 Å². The first-order valence-corrected chi connectivity index (χ1v) is 8.66. The number of nitrogens with one attached hydrogen (secondary N) is 1. The van der Waals surface area contributed by atoms with Gasteiger partial charge in [-0.1, -0.05) is 17.7 Å². The molecule has 0 atom stereocenters. The van der Waals surface area contributed by atoms with Gasteiger partial charge >= 0.3 is 0 Å². The van der Waals surface area contributed by atoms with Gasteiger partial charge in [-0.15, -0.1) is 0 Å².